The smallest absolute Gasteiger partial charge is 0.397 e. The zero-order valence-corrected chi connectivity index (χ0v) is 16.9. The first-order valence-corrected chi connectivity index (χ1v) is 9.62. The van der Waals surface area contributed by atoms with Crippen molar-refractivity contribution >= 4 is 40.7 Å². The van der Waals surface area contributed by atoms with Crippen molar-refractivity contribution in [1.29, 1.82) is 0 Å². The van der Waals surface area contributed by atoms with E-state index >= 15 is 0 Å². The molecule has 0 bridgehead atoms. The highest BCUT2D eigenvalue weighted by atomic mass is 35.5. The van der Waals surface area contributed by atoms with Crippen LogP contribution < -0.4 is 4.90 Å². The average Bonchev–Trinajstić information content (AvgIpc) is 3.02. The van der Waals surface area contributed by atoms with Crippen LogP contribution in [0.4, 0.5) is 23.2 Å². The van der Waals surface area contributed by atoms with Gasteiger partial charge in [0.15, 0.2) is 10.9 Å². The zero-order valence-electron chi connectivity index (χ0n) is 15.3. The molecule has 13 heteroatoms. The number of alkyl halides is 3. The molecule has 0 aliphatic carbocycles. The number of rotatable bonds is 8. The van der Waals surface area contributed by atoms with E-state index in [0.29, 0.717) is 11.8 Å². The minimum Gasteiger partial charge on any atom is -0.399 e. The third kappa shape index (κ3) is 6.32. The van der Waals surface area contributed by atoms with Gasteiger partial charge in [0, 0.05) is 18.4 Å². The van der Waals surface area contributed by atoms with Gasteiger partial charge in [0.2, 0.25) is 0 Å². The van der Waals surface area contributed by atoms with E-state index in [-0.39, 0.29) is 34.5 Å². The van der Waals surface area contributed by atoms with E-state index in [1.807, 2.05) is 0 Å². The fraction of sp³-hybridized carbons (Fsp3) is 0.375. The minimum atomic E-state index is -4.38. The molecule has 0 N–H and O–H groups in total. The van der Waals surface area contributed by atoms with Crippen molar-refractivity contribution in [2.75, 3.05) is 30.1 Å². The van der Waals surface area contributed by atoms with Gasteiger partial charge in [-0.1, -0.05) is 16.8 Å². The maximum absolute atomic E-state index is 13.4. The van der Waals surface area contributed by atoms with Gasteiger partial charge in [-0.05, 0) is 6.92 Å². The molecule has 0 fully saturated rings. The van der Waals surface area contributed by atoms with Gasteiger partial charge in [0.05, 0.1) is 30.0 Å². The van der Waals surface area contributed by atoms with E-state index in [9.17, 15) is 22.4 Å². The Kier molecular flexibility index (Phi) is 7.85. The predicted octanol–water partition coefficient (Wildman–Crippen LogP) is 3.71. The standard InChI is InChI=1S/C16H16ClF4N5O2S/c1-3-25(15(27)12(24-28-2)8-29-9-16(19,20)21)13-7-26(23-14(13)17)11-4-10(18)5-22-6-11/h4-7H,3,8-9H2,1-2H3/b24-12-. The summed E-state index contributed by atoms with van der Waals surface area (Å²) in [5.74, 6) is -2.74. The average molecular weight is 454 g/mol. The molecule has 2 aromatic heterocycles. The number of pyridine rings is 1. The second-order valence-electron chi connectivity index (χ2n) is 5.49. The Labute approximate surface area is 172 Å². The van der Waals surface area contributed by atoms with Crippen molar-refractivity contribution in [2.24, 2.45) is 5.16 Å². The van der Waals surface area contributed by atoms with E-state index in [1.165, 1.54) is 35.2 Å². The molecule has 2 heterocycles. The Hall–Kier alpha value is -2.34. The molecule has 0 aliphatic heterocycles. The van der Waals surface area contributed by atoms with Gasteiger partial charge >= 0.3 is 6.18 Å². The van der Waals surface area contributed by atoms with Crippen molar-refractivity contribution < 1.29 is 27.2 Å². The van der Waals surface area contributed by atoms with Crippen molar-refractivity contribution in [1.82, 2.24) is 14.8 Å². The number of thioether (sulfide) groups is 1. The highest BCUT2D eigenvalue weighted by Crippen LogP contribution is 2.27. The van der Waals surface area contributed by atoms with Crippen molar-refractivity contribution in [3.63, 3.8) is 0 Å². The molecule has 0 unspecified atom stereocenters. The molecule has 158 valence electrons. The fourth-order valence-electron chi connectivity index (χ4n) is 2.26. The number of carbonyl (C=O) groups excluding carboxylic acids is 1. The van der Waals surface area contributed by atoms with Crippen LogP contribution >= 0.6 is 23.4 Å². The van der Waals surface area contributed by atoms with E-state index < -0.39 is 23.7 Å². The summed E-state index contributed by atoms with van der Waals surface area (Å²) in [6.45, 7) is 1.76. The summed E-state index contributed by atoms with van der Waals surface area (Å²) in [5, 5.41) is 7.52. The molecule has 29 heavy (non-hydrogen) atoms. The fourth-order valence-corrected chi connectivity index (χ4v) is 3.20. The molecule has 0 saturated heterocycles. The van der Waals surface area contributed by atoms with Gasteiger partial charge in [-0.15, -0.1) is 11.8 Å². The Balaban J connectivity index is 2.26. The number of hydrogen-bond acceptors (Lipinski definition) is 6. The van der Waals surface area contributed by atoms with E-state index in [2.05, 4.69) is 20.1 Å². The number of carbonyl (C=O) groups is 1. The molecule has 0 aromatic carbocycles. The van der Waals surface area contributed by atoms with Gasteiger partial charge in [-0.3, -0.25) is 9.78 Å². The highest BCUT2D eigenvalue weighted by Gasteiger charge is 2.29. The topological polar surface area (TPSA) is 72.6 Å². The van der Waals surface area contributed by atoms with Crippen LogP contribution in [0.5, 0.6) is 0 Å². The Morgan fingerprint density at radius 3 is 2.72 bits per heavy atom. The van der Waals surface area contributed by atoms with Crippen LogP contribution in [0.1, 0.15) is 6.92 Å². The molecule has 7 nitrogen and oxygen atoms in total. The summed E-state index contributed by atoms with van der Waals surface area (Å²) >= 11 is 6.61. The summed E-state index contributed by atoms with van der Waals surface area (Å²) in [7, 11) is 1.18. The lowest BCUT2D eigenvalue weighted by atomic mass is 10.3. The van der Waals surface area contributed by atoms with Gasteiger partial charge in [-0.2, -0.15) is 18.3 Å². The number of aromatic nitrogens is 3. The molecular weight excluding hydrogens is 438 g/mol. The molecule has 0 radical (unpaired) electrons. The van der Waals surface area contributed by atoms with Crippen LogP contribution in [0.25, 0.3) is 5.69 Å². The maximum atomic E-state index is 13.4. The number of nitrogens with zero attached hydrogens (tertiary/aromatic N) is 5. The van der Waals surface area contributed by atoms with Gasteiger partial charge in [0.1, 0.15) is 18.6 Å². The molecule has 0 atom stereocenters. The first kappa shape index (κ1) is 22.9. The van der Waals surface area contributed by atoms with Crippen LogP contribution in [0.2, 0.25) is 5.15 Å². The molecule has 0 aliphatic rings. The van der Waals surface area contributed by atoms with Gasteiger partial charge in [-0.25, -0.2) is 9.07 Å². The van der Waals surface area contributed by atoms with E-state index in [1.54, 1.807) is 6.92 Å². The Morgan fingerprint density at radius 1 is 1.41 bits per heavy atom. The molecule has 1 amide bonds. The van der Waals surface area contributed by atoms with Crippen molar-refractivity contribution in [3.8, 4) is 5.69 Å². The van der Waals surface area contributed by atoms with Crippen LogP contribution in [-0.2, 0) is 9.63 Å². The van der Waals surface area contributed by atoms with Gasteiger partial charge < -0.3 is 9.74 Å². The quantitative estimate of drug-likeness (QED) is 0.346. The number of halogens is 5. The lowest BCUT2D eigenvalue weighted by molar-refractivity contribution is -0.112. The number of hydrogen-bond donors (Lipinski definition) is 0. The molecular formula is C16H16ClF4N5O2S. The molecule has 2 rings (SSSR count). The maximum Gasteiger partial charge on any atom is 0.397 e. The monoisotopic (exact) mass is 453 g/mol. The molecule has 0 spiro atoms. The first-order chi connectivity index (χ1) is 13.7. The second-order valence-corrected chi connectivity index (χ2v) is 6.83. The minimum absolute atomic E-state index is 0.0656. The number of anilines is 1. The molecule has 0 saturated carbocycles. The summed E-state index contributed by atoms with van der Waals surface area (Å²) in [6, 6.07) is 1.17. The first-order valence-electron chi connectivity index (χ1n) is 8.08. The van der Waals surface area contributed by atoms with Crippen LogP contribution in [0.15, 0.2) is 29.8 Å². The summed E-state index contributed by atoms with van der Waals surface area (Å²) in [4.78, 5) is 22.3. The Morgan fingerprint density at radius 2 is 2.14 bits per heavy atom. The largest absolute Gasteiger partial charge is 0.399 e. The summed E-state index contributed by atoms with van der Waals surface area (Å²) in [5.41, 5.74) is 0.223. The van der Waals surface area contributed by atoms with E-state index in [0.717, 1.165) is 6.20 Å². The van der Waals surface area contributed by atoms with Crippen LogP contribution in [-0.4, -0.2) is 57.7 Å². The summed E-state index contributed by atoms with van der Waals surface area (Å²) in [6.07, 6.45) is -0.628. The normalized spacial score (nSPS) is 12.2. The lowest BCUT2D eigenvalue weighted by Gasteiger charge is -2.20. The second kappa shape index (κ2) is 9.92. The highest BCUT2D eigenvalue weighted by molar-refractivity contribution is 8.00. The third-order valence-corrected chi connectivity index (χ3v) is 4.69. The van der Waals surface area contributed by atoms with E-state index in [4.69, 9.17) is 11.6 Å². The number of amides is 1. The zero-order chi connectivity index (χ0) is 21.6. The number of oxime groups is 1. The lowest BCUT2D eigenvalue weighted by Crippen LogP contribution is -2.38. The Bertz CT molecular complexity index is 890. The van der Waals surface area contributed by atoms with Crippen molar-refractivity contribution in [3.05, 3.63) is 35.6 Å². The predicted molar refractivity (Wildman–Crippen MR) is 102 cm³/mol. The summed E-state index contributed by atoms with van der Waals surface area (Å²) < 4.78 is 51.8. The van der Waals surface area contributed by atoms with Gasteiger partial charge in [0.25, 0.3) is 5.91 Å². The SMILES string of the molecule is CCN(C(=O)/C(CSCC(F)(F)F)=N\OC)c1cn(-c2cncc(F)c2)nc1Cl. The van der Waals surface area contributed by atoms with Crippen molar-refractivity contribution in [2.45, 2.75) is 13.1 Å². The molecule has 2 aromatic rings. The van der Waals surface area contributed by atoms with Crippen LogP contribution in [0, 0.1) is 5.82 Å². The third-order valence-electron chi connectivity index (χ3n) is 3.41. The van der Waals surface area contributed by atoms with Crippen LogP contribution in [0.3, 0.4) is 0 Å².